The van der Waals surface area contributed by atoms with E-state index in [1.54, 1.807) is 6.20 Å². The number of aromatic nitrogens is 2. The summed E-state index contributed by atoms with van der Waals surface area (Å²) in [6.45, 7) is 9.28. The summed E-state index contributed by atoms with van der Waals surface area (Å²) in [6.07, 6.45) is 1.72. The molecule has 2 unspecified atom stereocenters. The monoisotopic (exact) mass is 441 g/mol. The summed E-state index contributed by atoms with van der Waals surface area (Å²) in [5.74, 6) is -0.00379. The van der Waals surface area contributed by atoms with Crippen molar-refractivity contribution in [2.45, 2.75) is 26.1 Å². The molecule has 0 N–H and O–H groups in total. The summed E-state index contributed by atoms with van der Waals surface area (Å²) >= 11 is 1.36. The lowest BCUT2D eigenvalue weighted by molar-refractivity contribution is -0.0585. The van der Waals surface area contributed by atoms with Gasteiger partial charge in [-0.2, -0.15) is 0 Å². The van der Waals surface area contributed by atoms with Gasteiger partial charge in [-0.05, 0) is 33.0 Å². The minimum absolute atomic E-state index is 0.00379. The third-order valence-electron chi connectivity index (χ3n) is 5.95. The highest BCUT2D eigenvalue weighted by Crippen LogP contribution is 2.33. The molecule has 1 amide bonds. The van der Waals surface area contributed by atoms with E-state index in [0.29, 0.717) is 28.7 Å². The van der Waals surface area contributed by atoms with Crippen molar-refractivity contribution >= 4 is 33.9 Å². The third kappa shape index (κ3) is 4.05. The summed E-state index contributed by atoms with van der Waals surface area (Å²) in [5.41, 5.74) is 2.58. The molecule has 0 radical (unpaired) electrons. The summed E-state index contributed by atoms with van der Waals surface area (Å²) in [6, 6.07) is 6.21. The number of carbonyl (C=O) groups is 1. The number of thiazole rings is 1. The van der Waals surface area contributed by atoms with Gasteiger partial charge in [0.1, 0.15) is 15.6 Å². The molecule has 164 valence electrons. The van der Waals surface area contributed by atoms with E-state index < -0.39 is 0 Å². The number of hydrogen-bond donors (Lipinski definition) is 0. The molecule has 4 heterocycles. The van der Waals surface area contributed by atoms with Crippen LogP contribution in [0.15, 0.2) is 28.9 Å². The number of piperazine rings is 1. The molecule has 0 spiro atoms. The van der Waals surface area contributed by atoms with Gasteiger partial charge in [-0.25, -0.2) is 4.98 Å². The van der Waals surface area contributed by atoms with Crippen molar-refractivity contribution < 1.29 is 14.1 Å². The van der Waals surface area contributed by atoms with Gasteiger partial charge in [0, 0.05) is 51.0 Å². The van der Waals surface area contributed by atoms with Gasteiger partial charge >= 0.3 is 0 Å². The highest BCUT2D eigenvalue weighted by molar-refractivity contribution is 7.17. The Kier molecular flexibility index (Phi) is 5.41. The van der Waals surface area contributed by atoms with E-state index in [1.165, 1.54) is 11.3 Å². The molecular weight excluding hydrogens is 414 g/mol. The zero-order valence-electron chi connectivity index (χ0n) is 18.1. The van der Waals surface area contributed by atoms with E-state index in [4.69, 9.17) is 9.26 Å². The van der Waals surface area contributed by atoms with Gasteiger partial charge in [0.2, 0.25) is 0 Å². The molecule has 31 heavy (non-hydrogen) atoms. The van der Waals surface area contributed by atoms with Gasteiger partial charge in [0.25, 0.3) is 5.91 Å². The number of morpholine rings is 1. The van der Waals surface area contributed by atoms with E-state index >= 15 is 0 Å². The normalized spacial score (nSPS) is 22.9. The molecule has 2 aromatic heterocycles. The molecular formula is C22H27N5O3S. The number of fused-ring (bicyclic) bond motifs is 1. The van der Waals surface area contributed by atoms with E-state index in [2.05, 4.69) is 33.1 Å². The van der Waals surface area contributed by atoms with Gasteiger partial charge < -0.3 is 24.0 Å². The number of anilines is 1. The molecule has 2 aliphatic heterocycles. The van der Waals surface area contributed by atoms with Crippen LogP contribution in [0.25, 0.3) is 21.7 Å². The maximum Gasteiger partial charge on any atom is 0.265 e. The zero-order chi connectivity index (χ0) is 21.5. The number of hydrogen-bond acceptors (Lipinski definition) is 8. The summed E-state index contributed by atoms with van der Waals surface area (Å²) < 4.78 is 11.4. The first-order chi connectivity index (χ1) is 15.0. The number of benzene rings is 1. The highest BCUT2D eigenvalue weighted by Gasteiger charge is 2.28. The van der Waals surface area contributed by atoms with Crippen LogP contribution < -0.4 is 4.90 Å². The molecule has 0 aliphatic carbocycles. The topological polar surface area (TPSA) is 74.9 Å². The van der Waals surface area contributed by atoms with Crippen molar-refractivity contribution in [3.63, 3.8) is 0 Å². The van der Waals surface area contributed by atoms with Crippen LogP contribution in [0.2, 0.25) is 0 Å². The van der Waals surface area contributed by atoms with Gasteiger partial charge in [0.15, 0.2) is 5.58 Å². The molecule has 2 fully saturated rings. The molecule has 8 nitrogen and oxygen atoms in total. The van der Waals surface area contributed by atoms with Crippen molar-refractivity contribution in [3.8, 4) is 10.7 Å². The summed E-state index contributed by atoms with van der Waals surface area (Å²) in [5, 5.41) is 5.89. The van der Waals surface area contributed by atoms with E-state index in [0.717, 1.165) is 42.8 Å². The summed E-state index contributed by atoms with van der Waals surface area (Å²) in [4.78, 5) is 24.6. The van der Waals surface area contributed by atoms with Crippen LogP contribution in [-0.4, -0.2) is 84.4 Å². The molecule has 0 saturated carbocycles. The quantitative estimate of drug-likeness (QED) is 0.619. The average molecular weight is 442 g/mol. The first-order valence-corrected chi connectivity index (χ1v) is 11.5. The minimum Gasteiger partial charge on any atom is -0.372 e. The fourth-order valence-corrected chi connectivity index (χ4v) is 5.20. The lowest BCUT2D eigenvalue weighted by Crippen LogP contribution is -2.48. The van der Waals surface area contributed by atoms with Gasteiger partial charge in [-0.1, -0.05) is 5.16 Å². The zero-order valence-corrected chi connectivity index (χ0v) is 18.9. The number of amides is 1. The van der Waals surface area contributed by atoms with Gasteiger partial charge in [0.05, 0.1) is 23.8 Å². The lowest BCUT2D eigenvalue weighted by Gasteiger charge is -2.34. The van der Waals surface area contributed by atoms with Crippen molar-refractivity contribution in [2.24, 2.45) is 0 Å². The highest BCUT2D eigenvalue weighted by atomic mass is 32.1. The summed E-state index contributed by atoms with van der Waals surface area (Å²) in [7, 11) is 2.15. The molecule has 5 rings (SSSR count). The van der Waals surface area contributed by atoms with Crippen LogP contribution >= 0.6 is 11.3 Å². The predicted octanol–water partition coefficient (Wildman–Crippen LogP) is 2.95. The second-order valence-electron chi connectivity index (χ2n) is 8.50. The first kappa shape index (κ1) is 20.4. The SMILES string of the molecule is CC1CN(C(=O)c2cnc(-c3noc4cc(N5CCN(C)CC5)ccc34)s2)CC(C)O1. The van der Waals surface area contributed by atoms with Crippen LogP contribution in [0.1, 0.15) is 23.5 Å². The lowest BCUT2D eigenvalue weighted by atomic mass is 10.1. The van der Waals surface area contributed by atoms with Crippen molar-refractivity contribution in [3.05, 3.63) is 29.3 Å². The second kappa shape index (κ2) is 8.22. The van der Waals surface area contributed by atoms with Crippen molar-refractivity contribution in [2.75, 3.05) is 51.2 Å². The Bertz CT molecular complexity index is 1080. The third-order valence-corrected chi connectivity index (χ3v) is 6.94. The Morgan fingerprint density at radius 1 is 1.13 bits per heavy atom. The number of likely N-dealkylation sites (N-methyl/N-ethyl adjacent to an activating group) is 1. The van der Waals surface area contributed by atoms with Crippen LogP contribution in [0.3, 0.4) is 0 Å². The minimum atomic E-state index is -0.00379. The van der Waals surface area contributed by atoms with Crippen LogP contribution in [-0.2, 0) is 4.74 Å². The smallest absolute Gasteiger partial charge is 0.265 e. The molecule has 0 bridgehead atoms. The van der Waals surface area contributed by atoms with E-state index in [1.807, 2.05) is 30.9 Å². The Hall–Kier alpha value is -2.49. The molecule has 9 heteroatoms. The first-order valence-electron chi connectivity index (χ1n) is 10.7. The number of rotatable bonds is 3. The Labute approximate surface area is 185 Å². The van der Waals surface area contributed by atoms with Crippen LogP contribution in [0.4, 0.5) is 5.69 Å². The molecule has 3 aromatic rings. The maximum atomic E-state index is 13.0. The van der Waals surface area contributed by atoms with Crippen LogP contribution in [0.5, 0.6) is 0 Å². The maximum absolute atomic E-state index is 13.0. The number of ether oxygens (including phenoxy) is 1. The fourth-order valence-electron chi connectivity index (χ4n) is 4.32. The molecule has 2 aliphatic rings. The van der Waals surface area contributed by atoms with Gasteiger partial charge in [-0.15, -0.1) is 11.3 Å². The largest absolute Gasteiger partial charge is 0.372 e. The fraction of sp³-hybridized carbons (Fsp3) is 0.500. The number of carbonyl (C=O) groups excluding carboxylic acids is 1. The average Bonchev–Trinajstić information content (AvgIpc) is 3.39. The molecule has 2 saturated heterocycles. The van der Waals surface area contributed by atoms with Crippen molar-refractivity contribution in [1.29, 1.82) is 0 Å². The van der Waals surface area contributed by atoms with Crippen LogP contribution in [0, 0.1) is 0 Å². The second-order valence-corrected chi connectivity index (χ2v) is 9.53. The van der Waals surface area contributed by atoms with Crippen molar-refractivity contribution in [1.82, 2.24) is 19.9 Å². The standard InChI is InChI=1S/C22H27N5O3S/c1-14-12-27(13-15(2)29-14)22(28)19-11-23-21(31-19)20-17-5-4-16(10-18(17)30-24-20)26-8-6-25(3)7-9-26/h4-5,10-11,14-15H,6-9,12-13H2,1-3H3. The van der Waals surface area contributed by atoms with E-state index in [9.17, 15) is 4.79 Å². The van der Waals surface area contributed by atoms with E-state index in [-0.39, 0.29) is 18.1 Å². The molecule has 1 aromatic carbocycles. The Morgan fingerprint density at radius 3 is 2.61 bits per heavy atom. The Balaban J connectivity index is 1.37. The Morgan fingerprint density at radius 2 is 1.87 bits per heavy atom. The number of nitrogens with zero attached hydrogens (tertiary/aromatic N) is 5. The van der Waals surface area contributed by atoms with Gasteiger partial charge in [-0.3, -0.25) is 4.79 Å². The molecule has 2 atom stereocenters. The predicted molar refractivity (Wildman–Crippen MR) is 121 cm³/mol.